The number of aromatic nitrogens is 2. The first-order valence-corrected chi connectivity index (χ1v) is 11.6. The van der Waals surface area contributed by atoms with Crippen molar-refractivity contribution in [1.29, 1.82) is 0 Å². The van der Waals surface area contributed by atoms with Gasteiger partial charge in [-0.2, -0.15) is 0 Å². The van der Waals surface area contributed by atoms with Crippen molar-refractivity contribution in [2.75, 3.05) is 18.4 Å². The summed E-state index contributed by atoms with van der Waals surface area (Å²) < 4.78 is 12.1. The summed E-state index contributed by atoms with van der Waals surface area (Å²) in [6.07, 6.45) is 5.22. The smallest absolute Gasteiger partial charge is 0.410 e. The van der Waals surface area contributed by atoms with E-state index in [0.29, 0.717) is 41.2 Å². The standard InChI is InChI=1S/C24H26ClN5O3/c1-14-21(29-19-7-6-17(26-3)10-18(19)25)27-13-28-22(14)32-20-15-4-5-16(20)12-30(11-15)23(31)33-24(2)8-9-24/h6-7,10,13,15-16,20H,4-5,8-9,11-12H2,1-2H3,(H,27,28,29). The molecule has 2 aliphatic carbocycles. The summed E-state index contributed by atoms with van der Waals surface area (Å²) in [6.45, 7) is 12.3. The van der Waals surface area contributed by atoms with E-state index < -0.39 is 0 Å². The van der Waals surface area contributed by atoms with Crippen LogP contribution in [0.25, 0.3) is 4.85 Å². The van der Waals surface area contributed by atoms with Crippen molar-refractivity contribution in [3.8, 4) is 5.88 Å². The highest BCUT2D eigenvalue weighted by atomic mass is 35.5. The molecule has 0 radical (unpaired) electrons. The number of halogens is 1. The van der Waals surface area contributed by atoms with Gasteiger partial charge in [0, 0.05) is 24.9 Å². The van der Waals surface area contributed by atoms with E-state index in [9.17, 15) is 4.79 Å². The molecular formula is C24H26ClN5O3. The topological polar surface area (TPSA) is 80.9 Å². The lowest BCUT2D eigenvalue weighted by atomic mass is 9.95. The minimum absolute atomic E-state index is 0.00792. The summed E-state index contributed by atoms with van der Waals surface area (Å²) >= 11 is 6.31. The Morgan fingerprint density at radius 1 is 1.27 bits per heavy atom. The first-order valence-electron chi connectivity index (χ1n) is 11.3. The van der Waals surface area contributed by atoms with Crippen molar-refractivity contribution in [3.63, 3.8) is 0 Å². The Hall–Kier alpha value is -3.05. The zero-order valence-electron chi connectivity index (χ0n) is 18.7. The van der Waals surface area contributed by atoms with Gasteiger partial charge in [0.05, 0.1) is 22.8 Å². The van der Waals surface area contributed by atoms with Crippen molar-refractivity contribution >= 4 is 34.9 Å². The average Bonchev–Trinajstić information content (AvgIpc) is 3.48. The Balaban J connectivity index is 1.28. The van der Waals surface area contributed by atoms with Crippen LogP contribution in [-0.2, 0) is 4.74 Å². The molecule has 2 bridgehead atoms. The van der Waals surface area contributed by atoms with E-state index in [0.717, 1.165) is 31.2 Å². The lowest BCUT2D eigenvalue weighted by Crippen LogP contribution is -2.50. The highest BCUT2D eigenvalue weighted by Gasteiger charge is 2.48. The number of benzene rings is 1. The van der Waals surface area contributed by atoms with Crippen LogP contribution in [0.1, 0.15) is 38.2 Å². The van der Waals surface area contributed by atoms with Gasteiger partial charge < -0.3 is 19.7 Å². The predicted octanol–water partition coefficient (Wildman–Crippen LogP) is 5.51. The van der Waals surface area contributed by atoms with E-state index >= 15 is 0 Å². The van der Waals surface area contributed by atoms with Gasteiger partial charge in [-0.3, -0.25) is 0 Å². The Morgan fingerprint density at radius 3 is 2.64 bits per heavy atom. The monoisotopic (exact) mass is 467 g/mol. The molecular weight excluding hydrogens is 442 g/mol. The molecule has 172 valence electrons. The molecule has 1 aromatic carbocycles. The molecule has 33 heavy (non-hydrogen) atoms. The third-order valence-electron chi connectivity index (χ3n) is 6.91. The number of nitrogens with one attached hydrogen (secondary N) is 1. The highest BCUT2D eigenvalue weighted by Crippen LogP contribution is 2.43. The van der Waals surface area contributed by atoms with Crippen LogP contribution < -0.4 is 10.1 Å². The molecule has 2 saturated carbocycles. The van der Waals surface area contributed by atoms with Crippen LogP contribution in [0.4, 0.5) is 22.0 Å². The average molecular weight is 468 g/mol. The number of nitrogens with zero attached hydrogens (tertiary/aromatic N) is 4. The van der Waals surface area contributed by atoms with Gasteiger partial charge in [0.25, 0.3) is 0 Å². The van der Waals surface area contributed by atoms with E-state index in [2.05, 4.69) is 20.1 Å². The minimum atomic E-state index is -0.260. The van der Waals surface area contributed by atoms with Crippen LogP contribution in [-0.4, -0.2) is 45.8 Å². The maximum Gasteiger partial charge on any atom is 0.410 e. The van der Waals surface area contributed by atoms with Gasteiger partial charge in [0.15, 0.2) is 5.69 Å². The maximum atomic E-state index is 12.6. The molecule has 1 aromatic heterocycles. The van der Waals surface area contributed by atoms with Gasteiger partial charge in [0.2, 0.25) is 5.88 Å². The fourth-order valence-electron chi connectivity index (χ4n) is 4.68. The number of amides is 1. The second-order valence-electron chi connectivity index (χ2n) is 9.46. The Bertz CT molecular complexity index is 1120. The van der Waals surface area contributed by atoms with Gasteiger partial charge >= 0.3 is 6.09 Å². The fraction of sp³-hybridized carbons (Fsp3) is 0.500. The Morgan fingerprint density at radius 2 is 2.00 bits per heavy atom. The number of anilines is 2. The van der Waals surface area contributed by atoms with Crippen LogP contribution in [0.2, 0.25) is 5.02 Å². The van der Waals surface area contributed by atoms with Crippen molar-refractivity contribution in [3.05, 3.63) is 46.5 Å². The van der Waals surface area contributed by atoms with E-state index in [1.54, 1.807) is 18.2 Å². The molecule has 1 N–H and O–H groups in total. The number of likely N-dealkylation sites (tertiary alicyclic amines) is 1. The van der Waals surface area contributed by atoms with Gasteiger partial charge in [-0.25, -0.2) is 19.6 Å². The van der Waals surface area contributed by atoms with E-state index in [1.807, 2.05) is 18.7 Å². The molecule has 3 fully saturated rings. The zero-order valence-corrected chi connectivity index (χ0v) is 19.4. The fourth-order valence-corrected chi connectivity index (χ4v) is 4.90. The molecule has 9 heteroatoms. The van der Waals surface area contributed by atoms with E-state index in [-0.39, 0.29) is 29.6 Å². The van der Waals surface area contributed by atoms with Crippen LogP contribution in [0, 0.1) is 25.3 Å². The lowest BCUT2D eigenvalue weighted by Gasteiger charge is -2.37. The number of carbonyl (C=O) groups excluding carboxylic acids is 1. The van der Waals surface area contributed by atoms with Gasteiger partial charge in [0.1, 0.15) is 23.9 Å². The minimum Gasteiger partial charge on any atom is -0.473 e. The van der Waals surface area contributed by atoms with Crippen molar-refractivity contribution in [2.24, 2.45) is 11.8 Å². The number of hydrogen-bond donors (Lipinski definition) is 1. The molecule has 2 atom stereocenters. The third kappa shape index (κ3) is 4.42. The quantitative estimate of drug-likeness (QED) is 0.584. The zero-order chi connectivity index (χ0) is 23.2. The second kappa shape index (κ2) is 8.38. The SMILES string of the molecule is [C-]#[N+]c1ccc(Nc2ncnc(OC3C4CCC3CN(C(=O)OC3(C)CC3)C4)c2C)c(Cl)c1. The first-order chi connectivity index (χ1) is 15.8. The largest absolute Gasteiger partial charge is 0.473 e. The van der Waals surface area contributed by atoms with Crippen LogP contribution in [0.5, 0.6) is 5.88 Å². The predicted molar refractivity (Wildman–Crippen MR) is 124 cm³/mol. The van der Waals surface area contributed by atoms with Crippen LogP contribution in [0.15, 0.2) is 24.5 Å². The molecule has 2 aromatic rings. The van der Waals surface area contributed by atoms with Gasteiger partial charge in [-0.05, 0) is 51.7 Å². The molecule has 2 unspecified atom stereocenters. The third-order valence-corrected chi connectivity index (χ3v) is 7.23. The number of rotatable bonds is 5. The number of ether oxygens (including phenoxy) is 2. The second-order valence-corrected chi connectivity index (χ2v) is 9.86. The number of fused-ring (bicyclic) bond motifs is 2. The summed E-state index contributed by atoms with van der Waals surface area (Å²) in [5.74, 6) is 1.64. The Kier molecular flexibility index (Phi) is 5.53. The maximum absolute atomic E-state index is 12.6. The molecule has 8 nitrogen and oxygen atoms in total. The van der Waals surface area contributed by atoms with Gasteiger partial charge in [-0.15, -0.1) is 0 Å². The Labute approximate surface area is 198 Å². The molecule has 5 rings (SSSR count). The van der Waals surface area contributed by atoms with Crippen LogP contribution >= 0.6 is 11.6 Å². The molecule has 3 aliphatic rings. The van der Waals surface area contributed by atoms with Crippen LogP contribution in [0.3, 0.4) is 0 Å². The molecule has 1 amide bonds. The molecule has 0 spiro atoms. The van der Waals surface area contributed by atoms with Crippen molar-refractivity contribution < 1.29 is 14.3 Å². The number of hydrogen-bond acceptors (Lipinski definition) is 6. The van der Waals surface area contributed by atoms with Crippen molar-refractivity contribution in [1.82, 2.24) is 14.9 Å². The van der Waals surface area contributed by atoms with Crippen molar-refractivity contribution in [2.45, 2.75) is 51.2 Å². The number of piperidine rings is 1. The normalized spacial score (nSPS) is 24.7. The first kappa shape index (κ1) is 21.8. The summed E-state index contributed by atoms with van der Waals surface area (Å²) in [4.78, 5) is 26.6. The van der Waals surface area contributed by atoms with Gasteiger partial charge in [-0.1, -0.05) is 17.7 Å². The summed E-state index contributed by atoms with van der Waals surface area (Å²) in [5.41, 5.74) is 1.66. The lowest BCUT2D eigenvalue weighted by molar-refractivity contribution is 0.00821. The summed E-state index contributed by atoms with van der Waals surface area (Å²) in [6, 6.07) is 5.08. The van der Waals surface area contributed by atoms with E-state index in [1.165, 1.54) is 6.33 Å². The molecule has 2 heterocycles. The van der Waals surface area contributed by atoms with E-state index in [4.69, 9.17) is 27.6 Å². The summed E-state index contributed by atoms with van der Waals surface area (Å²) in [7, 11) is 0. The molecule has 1 saturated heterocycles. The number of carbonyl (C=O) groups is 1. The molecule has 1 aliphatic heterocycles. The summed E-state index contributed by atoms with van der Waals surface area (Å²) in [5, 5.41) is 3.67. The highest BCUT2D eigenvalue weighted by molar-refractivity contribution is 6.33.